The molecule has 7 nitrogen and oxygen atoms in total. The van der Waals surface area contributed by atoms with Crippen molar-refractivity contribution in [3.8, 4) is 17.2 Å². The van der Waals surface area contributed by atoms with E-state index >= 15 is 0 Å². The van der Waals surface area contributed by atoms with Gasteiger partial charge in [0.05, 0.1) is 23.7 Å². The average Bonchev–Trinajstić information content (AvgIpc) is 2.85. The Kier molecular flexibility index (Phi) is 9.85. The van der Waals surface area contributed by atoms with Crippen molar-refractivity contribution in [1.29, 1.82) is 0 Å². The van der Waals surface area contributed by atoms with Gasteiger partial charge in [-0.25, -0.2) is 9.18 Å². The maximum atomic E-state index is 13.6. The molecule has 3 aromatic rings. The van der Waals surface area contributed by atoms with E-state index < -0.39 is 23.6 Å². The van der Waals surface area contributed by atoms with Crippen molar-refractivity contribution in [3.63, 3.8) is 0 Å². The molecule has 1 atom stereocenters. The van der Waals surface area contributed by atoms with Crippen LogP contribution in [0.1, 0.15) is 55.2 Å². The predicted molar refractivity (Wildman–Crippen MR) is 152 cm³/mol. The number of carbonyl (C=O) groups is 2. The van der Waals surface area contributed by atoms with E-state index in [1.54, 1.807) is 59.0 Å². The summed E-state index contributed by atoms with van der Waals surface area (Å²) in [6, 6.07) is 14.3. The number of carbonyl (C=O) groups excluding carboxylic acids is 2. The van der Waals surface area contributed by atoms with Crippen LogP contribution in [0.4, 0.5) is 9.18 Å². The maximum absolute atomic E-state index is 13.6. The van der Waals surface area contributed by atoms with Gasteiger partial charge in [-0.2, -0.15) is 0 Å². The largest absolute Gasteiger partial charge is 0.496 e. The Morgan fingerprint density at radius 2 is 1.79 bits per heavy atom. The fraction of sp³-hybridized carbons (Fsp3) is 0.310. The molecule has 0 bridgehead atoms. The van der Waals surface area contributed by atoms with Crippen LogP contribution in [0.5, 0.6) is 17.2 Å². The van der Waals surface area contributed by atoms with Crippen LogP contribution in [0, 0.1) is 5.82 Å². The van der Waals surface area contributed by atoms with Crippen LogP contribution < -0.4 is 14.8 Å². The lowest BCUT2D eigenvalue weighted by Gasteiger charge is -2.23. The third-order valence-electron chi connectivity index (χ3n) is 5.59. The molecule has 0 unspecified atom stereocenters. The quantitative estimate of drug-likeness (QED) is 0.277. The first-order chi connectivity index (χ1) is 18.3. The van der Waals surface area contributed by atoms with Gasteiger partial charge in [0, 0.05) is 29.7 Å². The summed E-state index contributed by atoms with van der Waals surface area (Å²) in [5.41, 5.74) is 1.12. The Bertz CT molecular complexity index is 1360. The molecule has 208 valence electrons. The molecule has 0 aliphatic heterocycles. The number of nitrogens with zero attached hydrogens (tertiary/aromatic N) is 1. The van der Waals surface area contributed by atoms with Crippen molar-refractivity contribution in [2.75, 3.05) is 14.2 Å². The van der Waals surface area contributed by atoms with Gasteiger partial charge in [0.1, 0.15) is 28.7 Å². The van der Waals surface area contributed by atoms with E-state index in [1.165, 1.54) is 30.2 Å². The fourth-order valence-electron chi connectivity index (χ4n) is 3.68. The first-order valence-electron chi connectivity index (χ1n) is 12.1. The van der Waals surface area contributed by atoms with Gasteiger partial charge in [-0.05, 0) is 69.7 Å². The molecule has 0 spiro atoms. The van der Waals surface area contributed by atoms with Crippen LogP contribution in [-0.2, 0) is 11.3 Å². The summed E-state index contributed by atoms with van der Waals surface area (Å²) < 4.78 is 31.1. The molecule has 3 aromatic carbocycles. The smallest absolute Gasteiger partial charge is 0.408 e. The summed E-state index contributed by atoms with van der Waals surface area (Å²) >= 11 is 9.34. The van der Waals surface area contributed by atoms with Crippen LogP contribution in [-0.4, -0.2) is 36.7 Å². The van der Waals surface area contributed by atoms with Gasteiger partial charge < -0.3 is 24.4 Å². The van der Waals surface area contributed by atoms with Gasteiger partial charge in [-0.15, -0.1) is 0 Å². The number of hydrogen-bond acceptors (Lipinski definition) is 5. The number of nitrogens with one attached hydrogen (secondary N) is 1. The highest BCUT2D eigenvalue weighted by molar-refractivity contribution is 9.10. The Labute approximate surface area is 241 Å². The number of rotatable bonds is 8. The van der Waals surface area contributed by atoms with Crippen LogP contribution in [0.15, 0.2) is 59.1 Å². The zero-order valence-electron chi connectivity index (χ0n) is 22.6. The average molecular weight is 622 g/mol. The van der Waals surface area contributed by atoms with Gasteiger partial charge in [0.25, 0.3) is 5.91 Å². The molecule has 0 heterocycles. The Morgan fingerprint density at radius 3 is 2.44 bits per heavy atom. The van der Waals surface area contributed by atoms with Crippen molar-refractivity contribution in [2.24, 2.45) is 0 Å². The van der Waals surface area contributed by atoms with E-state index in [9.17, 15) is 14.0 Å². The summed E-state index contributed by atoms with van der Waals surface area (Å²) in [6.45, 7) is 7.36. The number of amides is 2. The topological polar surface area (TPSA) is 77.1 Å². The first kappa shape index (κ1) is 30.2. The molecule has 0 aliphatic carbocycles. The van der Waals surface area contributed by atoms with E-state index in [0.29, 0.717) is 33.9 Å². The van der Waals surface area contributed by atoms with Crippen LogP contribution >= 0.6 is 27.5 Å². The van der Waals surface area contributed by atoms with E-state index in [1.807, 2.05) is 12.1 Å². The highest BCUT2D eigenvalue weighted by Gasteiger charge is 2.22. The second-order valence-corrected chi connectivity index (χ2v) is 11.2. The van der Waals surface area contributed by atoms with Gasteiger partial charge >= 0.3 is 6.09 Å². The Balaban J connectivity index is 1.82. The minimum Gasteiger partial charge on any atom is -0.496 e. The third-order valence-corrected chi connectivity index (χ3v) is 6.37. The lowest BCUT2D eigenvalue weighted by atomic mass is 10.0. The fourth-order valence-corrected chi connectivity index (χ4v) is 4.19. The Hall–Kier alpha value is -3.30. The number of halogens is 3. The van der Waals surface area contributed by atoms with Crippen LogP contribution in [0.2, 0.25) is 5.02 Å². The number of alkyl carbamates (subject to hydrolysis) is 1. The molecule has 0 aliphatic rings. The molecule has 0 fully saturated rings. The Morgan fingerprint density at radius 1 is 1.08 bits per heavy atom. The van der Waals surface area contributed by atoms with Crippen LogP contribution in [0.25, 0.3) is 0 Å². The molecule has 1 N–H and O–H groups in total. The number of methoxy groups -OCH3 is 1. The number of hydrogen-bond donors (Lipinski definition) is 1. The molecule has 0 aromatic heterocycles. The zero-order valence-corrected chi connectivity index (χ0v) is 24.9. The molecule has 0 saturated heterocycles. The number of benzene rings is 3. The molecule has 0 radical (unpaired) electrons. The van der Waals surface area contributed by atoms with Crippen molar-refractivity contribution in [1.82, 2.24) is 10.2 Å². The van der Waals surface area contributed by atoms with Gasteiger partial charge in [0.2, 0.25) is 0 Å². The second kappa shape index (κ2) is 12.7. The normalized spacial score (nSPS) is 11.9. The molecule has 10 heteroatoms. The predicted octanol–water partition coefficient (Wildman–Crippen LogP) is 7.90. The summed E-state index contributed by atoms with van der Waals surface area (Å²) in [5, 5.41) is 2.73. The molecule has 39 heavy (non-hydrogen) atoms. The maximum Gasteiger partial charge on any atom is 0.408 e. The zero-order chi connectivity index (χ0) is 28.9. The highest BCUT2D eigenvalue weighted by atomic mass is 79.9. The van der Waals surface area contributed by atoms with Crippen molar-refractivity contribution >= 4 is 39.5 Å². The molecule has 3 rings (SSSR count). The lowest BCUT2D eigenvalue weighted by Crippen LogP contribution is -2.34. The van der Waals surface area contributed by atoms with Crippen LogP contribution in [0.3, 0.4) is 0 Å². The molecular formula is C29H31BrClFN2O5. The third kappa shape index (κ3) is 8.34. The van der Waals surface area contributed by atoms with Gasteiger partial charge in [-0.3, -0.25) is 4.79 Å². The van der Waals surface area contributed by atoms with Crippen molar-refractivity contribution in [2.45, 2.75) is 45.9 Å². The summed E-state index contributed by atoms with van der Waals surface area (Å²) in [5.74, 6) is 0.388. The van der Waals surface area contributed by atoms with Crippen molar-refractivity contribution < 1.29 is 28.2 Å². The number of ether oxygens (including phenoxy) is 3. The standard InChI is InChI=1S/C29H31BrClFN2O5/c1-17(33-28(36)39-29(2,3)4)18-8-12-25(37-6)22(13-18)27(35)34(5)16-19-7-9-20(30)14-26(19)38-21-10-11-24(32)23(31)15-21/h7-15,17H,16H2,1-6H3,(H,33,36)/t17-/m0/s1. The van der Waals surface area contributed by atoms with E-state index in [0.717, 1.165) is 4.47 Å². The summed E-state index contributed by atoms with van der Waals surface area (Å²) in [4.78, 5) is 27.3. The summed E-state index contributed by atoms with van der Waals surface area (Å²) in [7, 11) is 3.15. The van der Waals surface area contributed by atoms with Gasteiger partial charge in [0.15, 0.2) is 0 Å². The minimum atomic E-state index is -0.633. The van der Waals surface area contributed by atoms with E-state index in [2.05, 4.69) is 21.2 Å². The first-order valence-corrected chi connectivity index (χ1v) is 13.3. The molecule has 2 amide bonds. The monoisotopic (exact) mass is 620 g/mol. The highest BCUT2D eigenvalue weighted by Crippen LogP contribution is 2.32. The van der Waals surface area contributed by atoms with Crippen molar-refractivity contribution in [3.05, 3.63) is 86.6 Å². The minimum absolute atomic E-state index is 0.0568. The SMILES string of the molecule is COc1ccc([C@H](C)NC(=O)OC(C)(C)C)cc1C(=O)N(C)Cc1ccc(Br)cc1Oc1ccc(F)c(Cl)c1. The summed E-state index contributed by atoms with van der Waals surface area (Å²) in [6.07, 6.45) is -0.555. The second-order valence-electron chi connectivity index (χ2n) is 9.92. The van der Waals surface area contributed by atoms with E-state index in [-0.39, 0.29) is 17.5 Å². The lowest BCUT2D eigenvalue weighted by molar-refractivity contribution is 0.0508. The molecule has 0 saturated carbocycles. The molecular weight excluding hydrogens is 591 g/mol. The van der Waals surface area contributed by atoms with Gasteiger partial charge in [-0.1, -0.05) is 39.7 Å². The van der Waals surface area contributed by atoms with E-state index in [4.69, 9.17) is 25.8 Å².